The highest BCUT2D eigenvalue weighted by atomic mass is 32.2. The van der Waals surface area contributed by atoms with Crippen LogP contribution >= 0.6 is 11.8 Å². The van der Waals surface area contributed by atoms with Gasteiger partial charge < -0.3 is 21.2 Å². The molecule has 0 aliphatic heterocycles. The smallest absolute Gasteiger partial charge is 0.409 e. The van der Waals surface area contributed by atoms with Crippen LogP contribution in [0.4, 0.5) is 13.2 Å². The molecule has 0 heterocycles. The summed E-state index contributed by atoms with van der Waals surface area (Å²) in [4.78, 5) is 0.249. The van der Waals surface area contributed by atoms with Crippen LogP contribution in [0.2, 0.25) is 0 Å². The van der Waals surface area contributed by atoms with Gasteiger partial charge in [-0.25, -0.2) is 0 Å². The van der Waals surface area contributed by atoms with E-state index in [1.165, 1.54) is 6.07 Å². The lowest BCUT2D eigenvalue weighted by atomic mass is 10.1. The van der Waals surface area contributed by atoms with Crippen molar-refractivity contribution >= 4 is 17.6 Å². The number of amidine groups is 1. The number of hydrogen-bond acceptors (Lipinski definition) is 5. The molecular weight excluding hydrogens is 297 g/mol. The molecule has 5 N–H and O–H groups in total. The van der Waals surface area contributed by atoms with Crippen molar-refractivity contribution in [1.29, 1.82) is 0 Å². The minimum atomic E-state index is -4.66. The molecule has 0 spiro atoms. The standard InChI is InChI=1S/C11H13F3N2O3S/c12-11(13,14)9-3-7(20-5-6(18)4-17)1-2-8(9)10(15)16-19/h1-3,6,17-19H,4-5H2,(H2,15,16). The van der Waals surface area contributed by atoms with Crippen LogP contribution in [0.5, 0.6) is 0 Å². The second kappa shape index (κ2) is 6.82. The number of aliphatic hydroxyl groups is 2. The van der Waals surface area contributed by atoms with E-state index >= 15 is 0 Å². The Kier molecular flexibility index (Phi) is 5.66. The first kappa shape index (κ1) is 16.6. The van der Waals surface area contributed by atoms with Crippen molar-refractivity contribution in [3.8, 4) is 0 Å². The molecule has 0 saturated carbocycles. The summed E-state index contributed by atoms with van der Waals surface area (Å²) in [7, 11) is 0. The van der Waals surface area contributed by atoms with Crippen molar-refractivity contribution in [1.82, 2.24) is 0 Å². The summed E-state index contributed by atoms with van der Waals surface area (Å²) in [5.41, 5.74) is 3.75. The van der Waals surface area contributed by atoms with E-state index in [1.54, 1.807) is 0 Å². The quantitative estimate of drug-likeness (QED) is 0.216. The maximum atomic E-state index is 12.9. The minimum Gasteiger partial charge on any atom is -0.409 e. The average molecular weight is 310 g/mol. The average Bonchev–Trinajstić information content (AvgIpc) is 2.42. The molecule has 112 valence electrons. The monoisotopic (exact) mass is 310 g/mol. The Morgan fingerprint density at radius 2 is 2.05 bits per heavy atom. The van der Waals surface area contributed by atoms with Gasteiger partial charge in [0.2, 0.25) is 0 Å². The van der Waals surface area contributed by atoms with Crippen LogP contribution in [-0.4, -0.2) is 39.7 Å². The number of nitrogens with two attached hydrogens (primary N) is 1. The molecule has 0 aliphatic rings. The number of rotatable bonds is 5. The second-order valence-electron chi connectivity index (χ2n) is 3.84. The fraction of sp³-hybridized carbons (Fsp3) is 0.364. The molecule has 0 aromatic heterocycles. The lowest BCUT2D eigenvalue weighted by Gasteiger charge is -2.14. The lowest BCUT2D eigenvalue weighted by Crippen LogP contribution is -2.20. The van der Waals surface area contributed by atoms with Crippen molar-refractivity contribution in [2.75, 3.05) is 12.4 Å². The van der Waals surface area contributed by atoms with Crippen LogP contribution < -0.4 is 5.73 Å². The first-order valence-corrected chi connectivity index (χ1v) is 6.39. The Labute approximate surface area is 116 Å². The van der Waals surface area contributed by atoms with Crippen LogP contribution in [0, 0.1) is 0 Å². The molecule has 1 rings (SSSR count). The molecule has 1 aromatic rings. The molecule has 0 bridgehead atoms. The van der Waals surface area contributed by atoms with E-state index in [0.29, 0.717) is 0 Å². The highest BCUT2D eigenvalue weighted by molar-refractivity contribution is 7.99. The summed E-state index contributed by atoms with van der Waals surface area (Å²) < 4.78 is 38.7. The number of hydrogen-bond donors (Lipinski definition) is 4. The molecule has 0 aliphatic carbocycles. The summed E-state index contributed by atoms with van der Waals surface area (Å²) in [6.45, 7) is -0.471. The molecule has 5 nitrogen and oxygen atoms in total. The van der Waals surface area contributed by atoms with Gasteiger partial charge in [0, 0.05) is 16.2 Å². The van der Waals surface area contributed by atoms with Crippen LogP contribution in [0.3, 0.4) is 0 Å². The molecule has 9 heteroatoms. The van der Waals surface area contributed by atoms with Crippen molar-refractivity contribution in [3.05, 3.63) is 29.3 Å². The highest BCUT2D eigenvalue weighted by Gasteiger charge is 2.34. The van der Waals surface area contributed by atoms with Gasteiger partial charge in [0.25, 0.3) is 0 Å². The molecular formula is C11H13F3N2O3S. The second-order valence-corrected chi connectivity index (χ2v) is 4.93. The van der Waals surface area contributed by atoms with Gasteiger partial charge in [-0.15, -0.1) is 11.8 Å². The largest absolute Gasteiger partial charge is 0.417 e. The van der Waals surface area contributed by atoms with Crippen molar-refractivity contribution in [2.45, 2.75) is 17.2 Å². The van der Waals surface area contributed by atoms with Crippen molar-refractivity contribution in [2.24, 2.45) is 10.9 Å². The fourth-order valence-corrected chi connectivity index (χ4v) is 2.23. The van der Waals surface area contributed by atoms with Gasteiger partial charge in [-0.05, 0) is 18.2 Å². The zero-order valence-electron chi connectivity index (χ0n) is 10.1. The number of thioether (sulfide) groups is 1. The summed E-state index contributed by atoms with van der Waals surface area (Å²) >= 11 is 0.958. The molecule has 0 amide bonds. The molecule has 20 heavy (non-hydrogen) atoms. The molecule has 0 saturated heterocycles. The SMILES string of the molecule is NC(=NO)c1ccc(SCC(O)CO)cc1C(F)(F)F. The fourth-order valence-electron chi connectivity index (χ4n) is 1.37. The molecule has 1 aromatic carbocycles. The Balaban J connectivity index is 3.09. The number of aliphatic hydroxyl groups excluding tert-OH is 2. The third kappa shape index (κ3) is 4.29. The number of nitrogens with zero attached hydrogens (tertiary/aromatic N) is 1. The lowest BCUT2D eigenvalue weighted by molar-refractivity contribution is -0.137. The first-order chi connectivity index (χ1) is 9.29. The number of benzene rings is 1. The number of alkyl halides is 3. The third-order valence-corrected chi connectivity index (χ3v) is 3.47. The predicted molar refractivity (Wildman–Crippen MR) is 67.8 cm³/mol. The van der Waals surface area contributed by atoms with E-state index < -0.39 is 35.8 Å². The van der Waals surface area contributed by atoms with Gasteiger partial charge in [-0.1, -0.05) is 5.16 Å². The van der Waals surface area contributed by atoms with E-state index in [4.69, 9.17) is 21.2 Å². The summed E-state index contributed by atoms with van der Waals surface area (Å²) in [5.74, 6) is -0.583. The van der Waals surface area contributed by atoms with E-state index in [-0.39, 0.29) is 10.6 Å². The predicted octanol–water partition coefficient (Wildman–Crippen LogP) is 1.25. The summed E-state index contributed by atoms with van der Waals surface area (Å²) in [6, 6.07) is 3.30. The summed E-state index contributed by atoms with van der Waals surface area (Å²) in [6.07, 6.45) is -5.67. The summed E-state index contributed by atoms with van der Waals surface area (Å²) in [5, 5.41) is 28.9. The van der Waals surface area contributed by atoms with Crippen molar-refractivity contribution < 1.29 is 28.6 Å². The van der Waals surface area contributed by atoms with Gasteiger partial charge in [0.15, 0.2) is 5.84 Å². The zero-order valence-corrected chi connectivity index (χ0v) is 10.9. The molecule has 1 unspecified atom stereocenters. The first-order valence-electron chi connectivity index (χ1n) is 5.40. The van der Waals surface area contributed by atoms with Crippen LogP contribution in [0.15, 0.2) is 28.3 Å². The number of oxime groups is 1. The minimum absolute atomic E-state index is 0.0523. The Morgan fingerprint density at radius 1 is 1.40 bits per heavy atom. The maximum Gasteiger partial charge on any atom is 0.417 e. The number of halogens is 3. The van der Waals surface area contributed by atoms with Crippen molar-refractivity contribution in [3.63, 3.8) is 0 Å². The van der Waals surface area contributed by atoms with E-state index in [0.717, 1.165) is 23.9 Å². The highest BCUT2D eigenvalue weighted by Crippen LogP contribution is 2.34. The zero-order chi connectivity index (χ0) is 15.3. The molecule has 1 atom stereocenters. The Morgan fingerprint density at radius 3 is 2.55 bits per heavy atom. The van der Waals surface area contributed by atoms with E-state index in [9.17, 15) is 13.2 Å². The van der Waals surface area contributed by atoms with Gasteiger partial charge >= 0.3 is 6.18 Å². The Bertz CT molecular complexity index is 494. The topological polar surface area (TPSA) is 99.1 Å². The van der Waals surface area contributed by atoms with Gasteiger partial charge in [0.05, 0.1) is 18.3 Å². The Hall–Kier alpha value is -1.45. The van der Waals surface area contributed by atoms with Gasteiger partial charge in [0.1, 0.15) is 0 Å². The van der Waals surface area contributed by atoms with Crippen LogP contribution in [-0.2, 0) is 6.18 Å². The van der Waals surface area contributed by atoms with Crippen LogP contribution in [0.1, 0.15) is 11.1 Å². The normalized spacial score (nSPS) is 14.3. The van der Waals surface area contributed by atoms with Gasteiger partial charge in [-0.3, -0.25) is 0 Å². The van der Waals surface area contributed by atoms with E-state index in [1.807, 2.05) is 0 Å². The van der Waals surface area contributed by atoms with Crippen LogP contribution in [0.25, 0.3) is 0 Å². The molecule has 0 radical (unpaired) electrons. The third-order valence-electron chi connectivity index (χ3n) is 2.33. The molecule has 0 fully saturated rings. The van der Waals surface area contributed by atoms with Gasteiger partial charge in [-0.2, -0.15) is 13.2 Å². The maximum absolute atomic E-state index is 12.9. The van der Waals surface area contributed by atoms with E-state index in [2.05, 4.69) is 5.16 Å².